The zero-order valence-corrected chi connectivity index (χ0v) is 8.55. The largest absolute Gasteiger partial charge is 0.261 e. The quantitative estimate of drug-likeness (QED) is 0.819. The van der Waals surface area contributed by atoms with E-state index in [0.717, 1.165) is 16.3 Å². The van der Waals surface area contributed by atoms with Gasteiger partial charge in [0.1, 0.15) is 0 Å². The van der Waals surface area contributed by atoms with E-state index in [-0.39, 0.29) is 0 Å². The highest BCUT2D eigenvalue weighted by atomic mass is 32.2. The summed E-state index contributed by atoms with van der Waals surface area (Å²) in [4.78, 5) is 5.58. The van der Waals surface area contributed by atoms with Crippen molar-refractivity contribution in [3.63, 3.8) is 0 Å². The third-order valence-corrected chi connectivity index (χ3v) is 3.92. The number of fused-ring (bicyclic) bond motifs is 1. The lowest BCUT2D eigenvalue weighted by molar-refractivity contribution is 0.522. The van der Waals surface area contributed by atoms with E-state index in [0.29, 0.717) is 0 Å². The third kappa shape index (κ3) is 1.39. The van der Waals surface area contributed by atoms with Crippen LogP contribution in [0.5, 0.6) is 0 Å². The summed E-state index contributed by atoms with van der Waals surface area (Å²) in [6, 6.07) is 2.16. The molecule has 1 aliphatic rings. The van der Waals surface area contributed by atoms with Gasteiger partial charge in [0.2, 0.25) is 0 Å². The van der Waals surface area contributed by atoms with Gasteiger partial charge in [-0.3, -0.25) is 5.10 Å². The highest BCUT2D eigenvalue weighted by Crippen LogP contribution is 2.36. The number of rotatable bonds is 2. The van der Waals surface area contributed by atoms with Crippen LogP contribution in [-0.4, -0.2) is 20.4 Å². The first-order chi connectivity index (χ1) is 6.92. The van der Waals surface area contributed by atoms with Gasteiger partial charge >= 0.3 is 0 Å². The molecule has 0 spiro atoms. The molecule has 0 amide bonds. The molecule has 2 aromatic rings. The van der Waals surface area contributed by atoms with E-state index in [4.69, 9.17) is 0 Å². The normalized spacial score (nSPS) is 17.1. The molecule has 0 aromatic carbocycles. The van der Waals surface area contributed by atoms with E-state index < -0.39 is 0 Å². The Kier molecular flexibility index (Phi) is 1.94. The van der Waals surface area contributed by atoms with Crippen molar-refractivity contribution >= 4 is 22.8 Å². The van der Waals surface area contributed by atoms with Crippen LogP contribution in [0.4, 0.5) is 0 Å². The van der Waals surface area contributed by atoms with Crippen LogP contribution in [0.15, 0.2) is 23.4 Å². The van der Waals surface area contributed by atoms with Gasteiger partial charge in [0.15, 0.2) is 5.65 Å². The Bertz CT molecular complexity index is 447. The maximum absolute atomic E-state index is 4.31. The average molecular weight is 205 g/mol. The highest BCUT2D eigenvalue weighted by molar-refractivity contribution is 8.00. The monoisotopic (exact) mass is 205 g/mol. The summed E-state index contributed by atoms with van der Waals surface area (Å²) in [6.07, 6.45) is 7.86. The van der Waals surface area contributed by atoms with E-state index in [1.165, 1.54) is 24.2 Å². The van der Waals surface area contributed by atoms with Gasteiger partial charge in [-0.05, 0) is 18.9 Å². The van der Waals surface area contributed by atoms with Crippen molar-refractivity contribution in [3.8, 4) is 0 Å². The van der Waals surface area contributed by atoms with Crippen LogP contribution in [-0.2, 0) is 0 Å². The summed E-state index contributed by atoms with van der Waals surface area (Å²) >= 11 is 1.94. The number of hydrogen-bond acceptors (Lipinski definition) is 3. The SMILES string of the molecule is c1nc2[nH]ncc2cc1SC1CCC1. The van der Waals surface area contributed by atoms with E-state index in [1.807, 2.05) is 24.2 Å². The number of pyridine rings is 1. The molecule has 2 heterocycles. The number of nitrogens with zero attached hydrogens (tertiary/aromatic N) is 2. The molecule has 1 fully saturated rings. The molecule has 4 heteroatoms. The summed E-state index contributed by atoms with van der Waals surface area (Å²) in [5.41, 5.74) is 0.878. The van der Waals surface area contributed by atoms with E-state index in [2.05, 4.69) is 21.2 Å². The molecule has 0 radical (unpaired) electrons. The fraction of sp³-hybridized carbons (Fsp3) is 0.400. The first-order valence-electron chi connectivity index (χ1n) is 4.87. The molecule has 3 nitrogen and oxygen atoms in total. The third-order valence-electron chi connectivity index (χ3n) is 2.62. The number of thioether (sulfide) groups is 1. The van der Waals surface area contributed by atoms with Crippen LogP contribution in [0.1, 0.15) is 19.3 Å². The maximum Gasteiger partial charge on any atom is 0.155 e. The predicted molar refractivity (Wildman–Crippen MR) is 57.4 cm³/mol. The summed E-state index contributed by atoms with van der Waals surface area (Å²) < 4.78 is 0. The number of H-pyrrole nitrogens is 1. The summed E-state index contributed by atoms with van der Waals surface area (Å²) in [6.45, 7) is 0. The van der Waals surface area contributed by atoms with Crippen molar-refractivity contribution in [2.24, 2.45) is 0 Å². The van der Waals surface area contributed by atoms with Gasteiger partial charge in [0.25, 0.3) is 0 Å². The van der Waals surface area contributed by atoms with Crippen LogP contribution in [0.3, 0.4) is 0 Å². The Morgan fingerprint density at radius 1 is 1.36 bits per heavy atom. The van der Waals surface area contributed by atoms with Crippen LogP contribution < -0.4 is 0 Å². The van der Waals surface area contributed by atoms with E-state index in [9.17, 15) is 0 Å². The number of aromatic nitrogens is 3. The Hall–Kier alpha value is -1.03. The smallest absolute Gasteiger partial charge is 0.155 e. The topological polar surface area (TPSA) is 41.6 Å². The van der Waals surface area contributed by atoms with Gasteiger partial charge in [0, 0.05) is 21.7 Å². The second kappa shape index (κ2) is 3.28. The first-order valence-corrected chi connectivity index (χ1v) is 5.75. The van der Waals surface area contributed by atoms with Gasteiger partial charge in [0.05, 0.1) is 6.20 Å². The van der Waals surface area contributed by atoms with Gasteiger partial charge in [-0.25, -0.2) is 4.98 Å². The number of nitrogens with one attached hydrogen (secondary N) is 1. The summed E-state index contributed by atoms with van der Waals surface area (Å²) in [5, 5.41) is 8.74. The average Bonchev–Trinajstić information content (AvgIpc) is 2.58. The standard InChI is InChI=1S/C10H11N3S/c1-2-8(3-1)14-9-4-7-5-12-13-10(7)11-6-9/h4-6,8H,1-3H2,(H,11,12,13). The second-order valence-corrected chi connectivity index (χ2v) is 5.02. The number of hydrogen-bond donors (Lipinski definition) is 1. The fourth-order valence-corrected chi connectivity index (χ4v) is 2.82. The van der Waals surface area contributed by atoms with Crippen molar-refractivity contribution in [3.05, 3.63) is 18.5 Å². The van der Waals surface area contributed by atoms with Crippen molar-refractivity contribution in [1.82, 2.24) is 15.2 Å². The van der Waals surface area contributed by atoms with Crippen LogP contribution >= 0.6 is 11.8 Å². The predicted octanol–water partition coefficient (Wildman–Crippen LogP) is 2.60. The zero-order chi connectivity index (χ0) is 9.38. The Morgan fingerprint density at radius 2 is 2.29 bits per heavy atom. The van der Waals surface area contributed by atoms with Gasteiger partial charge in [-0.1, -0.05) is 6.42 Å². The molecule has 1 N–H and O–H groups in total. The Balaban J connectivity index is 1.88. The van der Waals surface area contributed by atoms with Crippen LogP contribution in [0, 0.1) is 0 Å². The van der Waals surface area contributed by atoms with E-state index >= 15 is 0 Å². The molecule has 0 unspecified atom stereocenters. The zero-order valence-electron chi connectivity index (χ0n) is 7.73. The second-order valence-electron chi connectivity index (χ2n) is 3.65. The highest BCUT2D eigenvalue weighted by Gasteiger charge is 2.18. The minimum atomic E-state index is 0.821. The van der Waals surface area contributed by atoms with Crippen molar-refractivity contribution in [2.75, 3.05) is 0 Å². The first kappa shape index (κ1) is 8.29. The van der Waals surface area contributed by atoms with Gasteiger partial charge < -0.3 is 0 Å². The van der Waals surface area contributed by atoms with Gasteiger partial charge in [-0.2, -0.15) is 5.10 Å². The summed E-state index contributed by atoms with van der Waals surface area (Å²) in [5.74, 6) is 0. The molecule has 72 valence electrons. The molecule has 0 saturated heterocycles. The molecule has 1 aliphatic carbocycles. The summed E-state index contributed by atoms with van der Waals surface area (Å²) in [7, 11) is 0. The lowest BCUT2D eigenvalue weighted by atomic mass is 10.0. The molecule has 0 aliphatic heterocycles. The lowest BCUT2D eigenvalue weighted by Gasteiger charge is -2.24. The van der Waals surface area contributed by atoms with Gasteiger partial charge in [-0.15, -0.1) is 11.8 Å². The fourth-order valence-electron chi connectivity index (χ4n) is 1.56. The minimum absolute atomic E-state index is 0.821. The molecule has 2 aromatic heterocycles. The van der Waals surface area contributed by atoms with E-state index in [1.54, 1.807) is 0 Å². The minimum Gasteiger partial charge on any atom is -0.261 e. The Labute approximate surface area is 86.3 Å². The lowest BCUT2D eigenvalue weighted by Crippen LogP contribution is -2.12. The molecular formula is C10H11N3S. The van der Waals surface area contributed by atoms with Crippen LogP contribution in [0.25, 0.3) is 11.0 Å². The van der Waals surface area contributed by atoms with Crippen molar-refractivity contribution in [1.29, 1.82) is 0 Å². The van der Waals surface area contributed by atoms with Crippen molar-refractivity contribution in [2.45, 2.75) is 29.4 Å². The molecule has 0 atom stereocenters. The molecule has 3 rings (SSSR count). The Morgan fingerprint density at radius 3 is 3.07 bits per heavy atom. The molecule has 14 heavy (non-hydrogen) atoms. The van der Waals surface area contributed by atoms with Crippen LogP contribution in [0.2, 0.25) is 0 Å². The number of aromatic amines is 1. The molecule has 0 bridgehead atoms. The molecule has 1 saturated carbocycles. The van der Waals surface area contributed by atoms with Crippen molar-refractivity contribution < 1.29 is 0 Å². The molecular weight excluding hydrogens is 194 g/mol. The maximum atomic E-state index is 4.31.